The first-order valence-corrected chi connectivity index (χ1v) is 7.05. The van der Waals surface area contributed by atoms with Gasteiger partial charge in [0.2, 0.25) is 10.0 Å². The Morgan fingerprint density at radius 2 is 2.20 bits per heavy atom. The molecule has 0 aromatic heterocycles. The van der Waals surface area contributed by atoms with Crippen molar-refractivity contribution < 1.29 is 8.42 Å². The molecule has 1 saturated heterocycles. The molecule has 0 aromatic carbocycles. The van der Waals surface area contributed by atoms with Crippen LogP contribution in [0.5, 0.6) is 0 Å². The van der Waals surface area contributed by atoms with Crippen molar-refractivity contribution in [3.63, 3.8) is 0 Å². The summed E-state index contributed by atoms with van der Waals surface area (Å²) >= 11 is 4.74. The standard InChI is InChI=1S/C9H18N2O2S2/c1-7-4-3-5-11(6-7)15(12,13)8(2)9(10)14/h7-8H,3-6H2,1-2H3,(H2,10,14). The van der Waals surface area contributed by atoms with Gasteiger partial charge < -0.3 is 5.73 Å². The van der Waals surface area contributed by atoms with Crippen LogP contribution in [0, 0.1) is 5.92 Å². The maximum Gasteiger partial charge on any atom is 0.223 e. The number of hydrogen-bond acceptors (Lipinski definition) is 3. The normalized spacial score (nSPS) is 26.1. The van der Waals surface area contributed by atoms with Crippen molar-refractivity contribution in [2.75, 3.05) is 13.1 Å². The van der Waals surface area contributed by atoms with E-state index in [1.54, 1.807) is 6.92 Å². The van der Waals surface area contributed by atoms with Gasteiger partial charge in [-0.3, -0.25) is 0 Å². The molecule has 2 N–H and O–H groups in total. The number of nitrogens with two attached hydrogens (primary N) is 1. The van der Waals surface area contributed by atoms with Crippen LogP contribution in [0.4, 0.5) is 0 Å². The van der Waals surface area contributed by atoms with Gasteiger partial charge in [0, 0.05) is 13.1 Å². The Balaban J connectivity index is 2.81. The lowest BCUT2D eigenvalue weighted by molar-refractivity contribution is 0.280. The highest BCUT2D eigenvalue weighted by Gasteiger charge is 2.32. The lowest BCUT2D eigenvalue weighted by Gasteiger charge is -2.31. The van der Waals surface area contributed by atoms with Gasteiger partial charge in [-0.25, -0.2) is 12.7 Å². The molecule has 0 saturated carbocycles. The minimum atomic E-state index is -3.33. The second-order valence-corrected chi connectivity index (χ2v) is 6.92. The molecule has 1 aliphatic rings. The molecule has 6 heteroatoms. The average Bonchev–Trinajstić information content (AvgIpc) is 2.16. The molecule has 2 unspecified atom stereocenters. The van der Waals surface area contributed by atoms with Gasteiger partial charge >= 0.3 is 0 Å². The van der Waals surface area contributed by atoms with Crippen LogP contribution in [0.2, 0.25) is 0 Å². The van der Waals surface area contributed by atoms with E-state index in [0.717, 1.165) is 12.8 Å². The zero-order chi connectivity index (χ0) is 11.6. The number of piperidine rings is 1. The van der Waals surface area contributed by atoms with Crippen molar-refractivity contribution in [1.82, 2.24) is 4.31 Å². The lowest BCUT2D eigenvalue weighted by atomic mass is 10.0. The molecule has 0 radical (unpaired) electrons. The van der Waals surface area contributed by atoms with E-state index >= 15 is 0 Å². The smallest absolute Gasteiger partial charge is 0.223 e. The Morgan fingerprint density at radius 1 is 1.60 bits per heavy atom. The highest BCUT2D eigenvalue weighted by molar-refractivity contribution is 7.92. The fraction of sp³-hybridized carbons (Fsp3) is 0.889. The van der Waals surface area contributed by atoms with E-state index in [9.17, 15) is 8.42 Å². The topological polar surface area (TPSA) is 63.4 Å². The van der Waals surface area contributed by atoms with E-state index in [4.69, 9.17) is 18.0 Å². The van der Waals surface area contributed by atoms with Crippen molar-refractivity contribution in [3.05, 3.63) is 0 Å². The number of sulfonamides is 1. The first kappa shape index (κ1) is 12.9. The zero-order valence-corrected chi connectivity index (χ0v) is 10.8. The summed E-state index contributed by atoms with van der Waals surface area (Å²) in [7, 11) is -3.33. The van der Waals surface area contributed by atoms with Gasteiger partial charge in [-0.2, -0.15) is 0 Å². The summed E-state index contributed by atoms with van der Waals surface area (Å²) in [4.78, 5) is 0.0493. The highest BCUT2D eigenvalue weighted by Crippen LogP contribution is 2.20. The van der Waals surface area contributed by atoms with Crippen LogP contribution in [0.15, 0.2) is 0 Å². The molecule has 15 heavy (non-hydrogen) atoms. The molecule has 1 heterocycles. The second kappa shape index (κ2) is 4.76. The summed E-state index contributed by atoms with van der Waals surface area (Å²) in [6.45, 7) is 4.80. The molecule has 88 valence electrons. The Hall–Kier alpha value is -0.200. The van der Waals surface area contributed by atoms with Crippen LogP contribution in [0.25, 0.3) is 0 Å². The summed E-state index contributed by atoms with van der Waals surface area (Å²) in [5.41, 5.74) is 5.39. The molecule has 1 fully saturated rings. The summed E-state index contributed by atoms with van der Waals surface area (Å²) < 4.78 is 25.6. The molecule has 0 spiro atoms. The van der Waals surface area contributed by atoms with E-state index in [0.29, 0.717) is 19.0 Å². The quantitative estimate of drug-likeness (QED) is 0.750. The SMILES string of the molecule is CC1CCCN(S(=O)(=O)C(C)C(N)=S)C1. The number of nitrogens with zero attached hydrogens (tertiary/aromatic N) is 1. The van der Waals surface area contributed by atoms with E-state index < -0.39 is 15.3 Å². The van der Waals surface area contributed by atoms with Crippen molar-refractivity contribution in [3.8, 4) is 0 Å². The van der Waals surface area contributed by atoms with Crippen molar-refractivity contribution in [2.45, 2.75) is 31.9 Å². The largest absolute Gasteiger partial charge is 0.392 e. The van der Waals surface area contributed by atoms with Gasteiger partial charge in [0.15, 0.2) is 0 Å². The van der Waals surface area contributed by atoms with Crippen molar-refractivity contribution in [2.24, 2.45) is 11.7 Å². The van der Waals surface area contributed by atoms with Gasteiger partial charge in [-0.05, 0) is 25.7 Å². The molecule has 0 amide bonds. The summed E-state index contributed by atoms with van der Waals surface area (Å²) in [5.74, 6) is 0.423. The zero-order valence-electron chi connectivity index (χ0n) is 9.14. The van der Waals surface area contributed by atoms with Crippen molar-refractivity contribution in [1.29, 1.82) is 0 Å². The fourth-order valence-corrected chi connectivity index (χ4v) is 3.70. The Morgan fingerprint density at radius 3 is 2.67 bits per heavy atom. The maximum atomic E-state index is 12.0. The van der Waals surface area contributed by atoms with E-state index in [-0.39, 0.29) is 4.99 Å². The number of thiocarbonyl (C=S) groups is 1. The average molecular weight is 250 g/mol. The van der Waals surface area contributed by atoms with E-state index in [2.05, 4.69) is 6.92 Å². The minimum Gasteiger partial charge on any atom is -0.392 e. The second-order valence-electron chi connectivity index (χ2n) is 4.19. The molecular formula is C9H18N2O2S2. The molecule has 0 bridgehead atoms. The molecule has 1 aliphatic heterocycles. The summed E-state index contributed by atoms with van der Waals surface area (Å²) in [6.07, 6.45) is 2.01. The third-order valence-corrected chi connectivity index (χ3v) is 5.53. The van der Waals surface area contributed by atoms with Crippen LogP contribution in [0.3, 0.4) is 0 Å². The Bertz CT molecular complexity index is 340. The van der Waals surface area contributed by atoms with Crippen LogP contribution in [-0.2, 0) is 10.0 Å². The third kappa shape index (κ3) is 2.89. The van der Waals surface area contributed by atoms with Crippen LogP contribution in [-0.4, -0.2) is 36.1 Å². The van der Waals surface area contributed by atoms with Gasteiger partial charge in [0.25, 0.3) is 0 Å². The van der Waals surface area contributed by atoms with E-state index in [1.807, 2.05) is 0 Å². The first-order valence-electron chi connectivity index (χ1n) is 5.14. The van der Waals surface area contributed by atoms with E-state index in [1.165, 1.54) is 4.31 Å². The minimum absolute atomic E-state index is 0.0493. The summed E-state index contributed by atoms with van der Waals surface area (Å²) in [5, 5.41) is -0.752. The van der Waals surface area contributed by atoms with Crippen LogP contribution in [0.1, 0.15) is 26.7 Å². The van der Waals surface area contributed by atoms with Crippen molar-refractivity contribution >= 4 is 27.2 Å². The molecular weight excluding hydrogens is 232 g/mol. The number of hydrogen-bond donors (Lipinski definition) is 1. The van der Waals surface area contributed by atoms with Gasteiger partial charge in [-0.15, -0.1) is 0 Å². The predicted octanol–water partition coefficient (Wildman–Crippen LogP) is 0.723. The molecule has 0 aromatic rings. The Kier molecular flexibility index (Phi) is 4.08. The van der Waals surface area contributed by atoms with Gasteiger partial charge in [0.1, 0.15) is 5.25 Å². The molecule has 0 aliphatic carbocycles. The monoisotopic (exact) mass is 250 g/mol. The van der Waals surface area contributed by atoms with Gasteiger partial charge in [-0.1, -0.05) is 19.1 Å². The lowest BCUT2D eigenvalue weighted by Crippen LogP contribution is -2.46. The maximum absolute atomic E-state index is 12.0. The molecule has 2 atom stereocenters. The molecule has 4 nitrogen and oxygen atoms in total. The third-order valence-electron chi connectivity index (χ3n) is 2.83. The summed E-state index contributed by atoms with van der Waals surface area (Å²) in [6, 6.07) is 0. The van der Waals surface area contributed by atoms with Crippen LogP contribution < -0.4 is 5.73 Å². The Labute approximate surface area is 96.9 Å². The first-order chi connectivity index (χ1) is 6.85. The molecule has 1 rings (SSSR count). The van der Waals surface area contributed by atoms with Gasteiger partial charge in [0.05, 0.1) is 4.99 Å². The number of rotatable bonds is 3. The predicted molar refractivity (Wildman–Crippen MR) is 65.1 cm³/mol. The van der Waals surface area contributed by atoms with Crippen LogP contribution >= 0.6 is 12.2 Å². The fourth-order valence-electron chi connectivity index (χ4n) is 1.75. The highest BCUT2D eigenvalue weighted by atomic mass is 32.2.